The molecule has 3 heterocycles. The van der Waals surface area contributed by atoms with Gasteiger partial charge in [0.2, 0.25) is 0 Å². The number of likely N-dealkylation sites (tertiary alicyclic amines) is 1. The Bertz CT molecular complexity index is 1020. The van der Waals surface area contributed by atoms with E-state index in [0.717, 1.165) is 5.56 Å². The zero-order valence-corrected chi connectivity index (χ0v) is 15.3. The molecule has 0 atom stereocenters. The van der Waals surface area contributed by atoms with E-state index in [1.165, 1.54) is 17.0 Å². The first kappa shape index (κ1) is 18.5. The lowest BCUT2D eigenvalue weighted by Gasteiger charge is -2.38. The molecule has 2 aromatic heterocycles. The summed E-state index contributed by atoms with van der Waals surface area (Å²) in [6.07, 6.45) is 4.86. The molecule has 1 aromatic carbocycles. The van der Waals surface area contributed by atoms with Gasteiger partial charge < -0.3 is 15.5 Å². The van der Waals surface area contributed by atoms with Gasteiger partial charge in [-0.3, -0.25) is 9.78 Å². The second kappa shape index (κ2) is 8.05. The van der Waals surface area contributed by atoms with Crippen LogP contribution in [0.3, 0.4) is 0 Å². The lowest BCUT2D eigenvalue weighted by Crippen LogP contribution is -2.52. The van der Waals surface area contributed by atoms with Gasteiger partial charge in [0.05, 0.1) is 17.9 Å². The molecule has 1 aliphatic heterocycles. The summed E-state index contributed by atoms with van der Waals surface area (Å²) < 4.78 is 15.2. The topological polar surface area (TPSA) is 105 Å². The lowest BCUT2D eigenvalue weighted by atomic mass is 10.1. The van der Waals surface area contributed by atoms with Crippen molar-refractivity contribution in [2.24, 2.45) is 0 Å². The number of benzene rings is 1. The molecule has 0 unspecified atom stereocenters. The van der Waals surface area contributed by atoms with E-state index in [2.05, 4.69) is 25.9 Å². The van der Waals surface area contributed by atoms with Gasteiger partial charge in [0, 0.05) is 32.0 Å². The molecule has 3 amide bonds. The van der Waals surface area contributed by atoms with E-state index in [9.17, 15) is 14.0 Å². The van der Waals surface area contributed by atoms with Crippen LogP contribution in [0.15, 0.2) is 55.0 Å². The Morgan fingerprint density at radius 1 is 1.14 bits per heavy atom. The first-order valence-corrected chi connectivity index (χ1v) is 8.99. The number of pyridine rings is 1. The molecule has 9 nitrogen and oxygen atoms in total. The average Bonchev–Trinajstić information content (AvgIpc) is 3.17. The van der Waals surface area contributed by atoms with Crippen molar-refractivity contribution in [3.63, 3.8) is 0 Å². The van der Waals surface area contributed by atoms with Crippen molar-refractivity contribution in [3.05, 3.63) is 72.1 Å². The maximum absolute atomic E-state index is 13.6. The summed E-state index contributed by atoms with van der Waals surface area (Å²) in [5.74, 6) is -0.821. The number of urea groups is 1. The Hall–Kier alpha value is -3.82. The highest BCUT2D eigenvalue weighted by molar-refractivity contribution is 5.92. The van der Waals surface area contributed by atoms with Crippen LogP contribution in [0.2, 0.25) is 0 Å². The predicted octanol–water partition coefficient (Wildman–Crippen LogP) is 1.83. The van der Waals surface area contributed by atoms with Crippen molar-refractivity contribution >= 4 is 17.6 Å². The number of nitrogens with one attached hydrogen (secondary N) is 2. The molecule has 29 heavy (non-hydrogen) atoms. The summed E-state index contributed by atoms with van der Waals surface area (Å²) in [6.45, 7) is 1.14. The number of rotatable bonds is 5. The van der Waals surface area contributed by atoms with Crippen LogP contribution in [-0.4, -0.2) is 49.9 Å². The minimum absolute atomic E-state index is 0.0874. The van der Waals surface area contributed by atoms with Crippen molar-refractivity contribution in [2.45, 2.75) is 12.6 Å². The van der Waals surface area contributed by atoms with Crippen molar-refractivity contribution in [1.82, 2.24) is 30.2 Å². The number of amides is 3. The van der Waals surface area contributed by atoms with Crippen molar-refractivity contribution in [2.75, 3.05) is 18.4 Å². The highest BCUT2D eigenvalue weighted by atomic mass is 19.1. The molecule has 10 heteroatoms. The smallest absolute Gasteiger partial charge is 0.322 e. The molecule has 1 saturated heterocycles. The van der Waals surface area contributed by atoms with Crippen LogP contribution in [0.5, 0.6) is 0 Å². The van der Waals surface area contributed by atoms with Crippen LogP contribution in [0.4, 0.5) is 14.9 Å². The van der Waals surface area contributed by atoms with Gasteiger partial charge in [-0.1, -0.05) is 17.3 Å². The molecule has 148 valence electrons. The van der Waals surface area contributed by atoms with E-state index in [4.69, 9.17) is 0 Å². The Morgan fingerprint density at radius 2 is 1.90 bits per heavy atom. The summed E-state index contributed by atoms with van der Waals surface area (Å²) in [4.78, 5) is 29.9. The molecule has 3 aromatic rings. The molecule has 4 rings (SSSR count). The SMILES string of the molecule is O=C(NCc1ccncc1)c1cn(C2CN(C(=O)Nc3ccccc3F)C2)nn1. The van der Waals surface area contributed by atoms with Crippen LogP contribution in [0.1, 0.15) is 22.1 Å². The van der Waals surface area contributed by atoms with E-state index < -0.39 is 5.82 Å². The fraction of sp³-hybridized carbons (Fsp3) is 0.211. The predicted molar refractivity (Wildman–Crippen MR) is 101 cm³/mol. The second-order valence-electron chi connectivity index (χ2n) is 6.59. The molecule has 0 saturated carbocycles. The van der Waals surface area contributed by atoms with Crippen molar-refractivity contribution in [1.29, 1.82) is 0 Å². The first-order chi connectivity index (χ1) is 14.1. The van der Waals surface area contributed by atoms with Crippen molar-refractivity contribution < 1.29 is 14.0 Å². The van der Waals surface area contributed by atoms with Crippen LogP contribution in [0, 0.1) is 5.82 Å². The highest BCUT2D eigenvalue weighted by Gasteiger charge is 2.33. The summed E-state index contributed by atoms with van der Waals surface area (Å²) in [6, 6.07) is 9.13. The minimum atomic E-state index is -0.489. The van der Waals surface area contributed by atoms with Gasteiger partial charge in [0.1, 0.15) is 5.82 Å². The summed E-state index contributed by atoms with van der Waals surface area (Å²) >= 11 is 0. The fourth-order valence-electron chi connectivity index (χ4n) is 2.88. The van der Waals surface area contributed by atoms with E-state index in [0.29, 0.717) is 19.6 Å². The zero-order valence-electron chi connectivity index (χ0n) is 15.3. The Kier molecular flexibility index (Phi) is 5.14. The third-order valence-electron chi connectivity index (χ3n) is 4.58. The summed E-state index contributed by atoms with van der Waals surface area (Å²) in [7, 11) is 0. The number of para-hydroxylation sites is 1. The molecule has 2 N–H and O–H groups in total. The quantitative estimate of drug-likeness (QED) is 0.686. The van der Waals surface area contributed by atoms with Gasteiger partial charge in [0.15, 0.2) is 5.69 Å². The van der Waals surface area contributed by atoms with Gasteiger partial charge in [-0.25, -0.2) is 13.9 Å². The maximum Gasteiger partial charge on any atom is 0.322 e. The zero-order chi connectivity index (χ0) is 20.2. The van der Waals surface area contributed by atoms with E-state index in [-0.39, 0.29) is 29.4 Å². The van der Waals surface area contributed by atoms with Crippen LogP contribution >= 0.6 is 0 Å². The van der Waals surface area contributed by atoms with Crippen LogP contribution in [-0.2, 0) is 6.54 Å². The second-order valence-corrected chi connectivity index (χ2v) is 6.59. The van der Waals surface area contributed by atoms with Crippen molar-refractivity contribution in [3.8, 4) is 0 Å². The highest BCUT2D eigenvalue weighted by Crippen LogP contribution is 2.22. The number of halogens is 1. The maximum atomic E-state index is 13.6. The summed E-state index contributed by atoms with van der Waals surface area (Å²) in [5, 5.41) is 13.2. The number of nitrogens with zero attached hydrogens (tertiary/aromatic N) is 5. The first-order valence-electron chi connectivity index (χ1n) is 8.99. The van der Waals surface area contributed by atoms with Gasteiger partial charge in [0.25, 0.3) is 5.91 Å². The molecule has 0 spiro atoms. The number of aromatic nitrogens is 4. The molecular weight excluding hydrogens is 377 g/mol. The molecule has 1 fully saturated rings. The molecular formula is C19H18FN7O2. The molecule has 0 aliphatic carbocycles. The van der Waals surface area contributed by atoms with E-state index >= 15 is 0 Å². The third-order valence-corrected chi connectivity index (χ3v) is 4.58. The number of carbonyl (C=O) groups is 2. The molecule has 1 aliphatic rings. The Balaban J connectivity index is 1.28. The van der Waals surface area contributed by atoms with Gasteiger partial charge in [-0.2, -0.15) is 0 Å². The van der Waals surface area contributed by atoms with E-state index in [1.54, 1.807) is 35.4 Å². The monoisotopic (exact) mass is 395 g/mol. The summed E-state index contributed by atoms with van der Waals surface area (Å²) in [5.41, 5.74) is 1.26. The van der Waals surface area contributed by atoms with Gasteiger partial charge in [-0.15, -0.1) is 5.10 Å². The fourth-order valence-corrected chi connectivity index (χ4v) is 2.88. The number of carbonyl (C=O) groups excluding carboxylic acids is 2. The van der Waals surface area contributed by atoms with Crippen LogP contribution < -0.4 is 10.6 Å². The van der Waals surface area contributed by atoms with Gasteiger partial charge >= 0.3 is 6.03 Å². The average molecular weight is 395 g/mol. The lowest BCUT2D eigenvalue weighted by molar-refractivity contribution is 0.0945. The minimum Gasteiger partial charge on any atom is -0.347 e. The van der Waals surface area contributed by atoms with Gasteiger partial charge in [-0.05, 0) is 29.8 Å². The number of anilines is 1. The Labute approximate surface area is 165 Å². The standard InChI is InChI=1S/C19H18FN7O2/c20-15-3-1-2-4-16(15)23-19(29)26-10-14(11-26)27-12-17(24-25-27)18(28)22-9-13-5-7-21-8-6-13/h1-8,12,14H,9-11H2,(H,22,28)(H,23,29). The largest absolute Gasteiger partial charge is 0.347 e. The molecule has 0 radical (unpaired) electrons. The molecule has 0 bridgehead atoms. The third kappa shape index (κ3) is 4.21. The number of hydrogen-bond acceptors (Lipinski definition) is 5. The Morgan fingerprint density at radius 3 is 2.66 bits per heavy atom. The normalized spacial score (nSPS) is 13.6. The number of hydrogen-bond donors (Lipinski definition) is 2. The van der Waals surface area contributed by atoms with E-state index in [1.807, 2.05) is 12.1 Å². The van der Waals surface area contributed by atoms with Crippen LogP contribution in [0.25, 0.3) is 0 Å².